The highest BCUT2D eigenvalue weighted by Gasteiger charge is 2.18. The van der Waals surface area contributed by atoms with Crippen LogP contribution in [0.4, 0.5) is 17.1 Å². The number of anilines is 3. The number of fused-ring (bicyclic) bond motifs is 6. The van der Waals surface area contributed by atoms with Gasteiger partial charge in [0.15, 0.2) is 0 Å². The minimum atomic E-state index is 0.904. The molecule has 2 aromatic heterocycles. The molecule has 0 radical (unpaired) electrons. The number of nitrogens with zero attached hydrogens (tertiary/aromatic N) is 1. The van der Waals surface area contributed by atoms with Gasteiger partial charge in [-0.1, -0.05) is 121 Å². The first-order chi connectivity index (χ1) is 25.3. The molecule has 0 unspecified atom stereocenters. The van der Waals surface area contributed by atoms with Crippen molar-refractivity contribution in [3.63, 3.8) is 0 Å². The van der Waals surface area contributed by atoms with Gasteiger partial charge in [-0.25, -0.2) is 0 Å². The molecule has 2 heterocycles. The van der Waals surface area contributed by atoms with Gasteiger partial charge in [0, 0.05) is 38.5 Å². The van der Waals surface area contributed by atoms with Gasteiger partial charge in [-0.05, 0) is 94.5 Å². The first-order valence-corrected chi connectivity index (χ1v) is 17.2. The van der Waals surface area contributed by atoms with E-state index >= 15 is 0 Å². The van der Waals surface area contributed by atoms with E-state index in [1.165, 1.54) is 11.1 Å². The Morgan fingerprint density at radius 3 is 1.27 bits per heavy atom. The van der Waals surface area contributed by atoms with Gasteiger partial charge in [0.05, 0.1) is 5.69 Å². The Labute approximate surface area is 295 Å². The standard InChI is InChI=1S/C48H31NO2/c1-2-10-34(11-3-1)39-12-4-7-15-44(39)49(37-24-18-32(19-25-37)35-22-28-47-42(30-35)40-13-5-8-16-45(40)50-47)38-26-20-33(21-27-38)36-23-29-48-43(31-36)41-14-6-9-17-46(41)51-48/h1-31H. The first kappa shape index (κ1) is 29.1. The molecule has 3 nitrogen and oxygen atoms in total. The van der Waals surface area contributed by atoms with Crippen LogP contribution in [-0.2, 0) is 0 Å². The van der Waals surface area contributed by atoms with Crippen molar-refractivity contribution in [2.45, 2.75) is 0 Å². The van der Waals surface area contributed by atoms with E-state index in [9.17, 15) is 0 Å². The summed E-state index contributed by atoms with van der Waals surface area (Å²) in [4.78, 5) is 2.36. The zero-order valence-electron chi connectivity index (χ0n) is 27.7. The summed E-state index contributed by atoms with van der Waals surface area (Å²) < 4.78 is 12.2. The zero-order valence-corrected chi connectivity index (χ0v) is 27.7. The number of furan rings is 2. The Kier molecular flexibility index (Phi) is 6.81. The van der Waals surface area contributed by atoms with Gasteiger partial charge in [0.1, 0.15) is 22.3 Å². The van der Waals surface area contributed by atoms with Crippen LogP contribution < -0.4 is 4.90 Å². The molecule has 0 saturated heterocycles. The maximum absolute atomic E-state index is 6.10. The molecule has 3 heteroatoms. The Morgan fingerprint density at radius 2 is 0.725 bits per heavy atom. The molecule has 0 bridgehead atoms. The molecular formula is C48H31NO2. The van der Waals surface area contributed by atoms with E-state index in [0.29, 0.717) is 0 Å². The summed E-state index contributed by atoms with van der Waals surface area (Å²) in [6, 6.07) is 66.4. The van der Waals surface area contributed by atoms with Crippen molar-refractivity contribution in [3.05, 3.63) is 188 Å². The molecule has 0 amide bonds. The van der Waals surface area contributed by atoms with Gasteiger partial charge in [0.25, 0.3) is 0 Å². The van der Waals surface area contributed by atoms with Crippen LogP contribution in [0.3, 0.4) is 0 Å². The lowest BCUT2D eigenvalue weighted by Crippen LogP contribution is -2.11. The van der Waals surface area contributed by atoms with Gasteiger partial charge < -0.3 is 13.7 Å². The van der Waals surface area contributed by atoms with Crippen LogP contribution in [-0.4, -0.2) is 0 Å². The maximum Gasteiger partial charge on any atom is 0.135 e. The minimum Gasteiger partial charge on any atom is -0.456 e. The fourth-order valence-corrected chi connectivity index (χ4v) is 7.37. The second-order valence-corrected chi connectivity index (χ2v) is 12.9. The highest BCUT2D eigenvalue weighted by atomic mass is 16.3. The third kappa shape index (κ3) is 5.06. The molecule has 0 aliphatic carbocycles. The van der Waals surface area contributed by atoms with E-state index in [1.54, 1.807) is 0 Å². The second-order valence-electron chi connectivity index (χ2n) is 12.9. The van der Waals surface area contributed by atoms with E-state index in [4.69, 9.17) is 8.83 Å². The highest BCUT2D eigenvalue weighted by Crippen LogP contribution is 2.42. The molecule has 51 heavy (non-hydrogen) atoms. The first-order valence-electron chi connectivity index (χ1n) is 17.2. The van der Waals surface area contributed by atoms with E-state index in [1.807, 2.05) is 24.3 Å². The quantitative estimate of drug-likeness (QED) is 0.179. The lowest BCUT2D eigenvalue weighted by atomic mass is 9.99. The zero-order chi connectivity index (χ0) is 33.7. The van der Waals surface area contributed by atoms with Gasteiger partial charge in [0.2, 0.25) is 0 Å². The number of benzene rings is 8. The highest BCUT2D eigenvalue weighted by molar-refractivity contribution is 6.07. The summed E-state index contributed by atoms with van der Waals surface area (Å²) in [6.07, 6.45) is 0. The van der Waals surface area contributed by atoms with Crippen molar-refractivity contribution in [3.8, 4) is 33.4 Å². The lowest BCUT2D eigenvalue weighted by Gasteiger charge is -2.28. The van der Waals surface area contributed by atoms with Gasteiger partial charge in [-0.15, -0.1) is 0 Å². The van der Waals surface area contributed by atoms with Crippen LogP contribution in [0.1, 0.15) is 0 Å². The summed E-state index contributed by atoms with van der Waals surface area (Å²) in [5, 5.41) is 4.53. The smallest absolute Gasteiger partial charge is 0.135 e. The third-order valence-corrected chi connectivity index (χ3v) is 9.90. The fourth-order valence-electron chi connectivity index (χ4n) is 7.37. The molecule has 0 spiro atoms. The predicted octanol–water partition coefficient (Wildman–Crippen LogP) is 14.0. The molecule has 0 fully saturated rings. The van der Waals surface area contributed by atoms with E-state index in [-0.39, 0.29) is 0 Å². The summed E-state index contributed by atoms with van der Waals surface area (Å²) in [5.41, 5.74) is 13.9. The SMILES string of the molecule is c1ccc(-c2ccccc2N(c2ccc(-c3ccc4oc5ccccc5c4c3)cc2)c2ccc(-c3ccc4oc5ccccc5c4c3)cc2)cc1. The number of rotatable bonds is 6. The van der Waals surface area contributed by atoms with Gasteiger partial charge in [-0.3, -0.25) is 0 Å². The molecule has 0 atom stereocenters. The monoisotopic (exact) mass is 653 g/mol. The van der Waals surface area contributed by atoms with Crippen molar-refractivity contribution in [1.82, 2.24) is 0 Å². The summed E-state index contributed by atoms with van der Waals surface area (Å²) in [7, 11) is 0. The van der Waals surface area contributed by atoms with Crippen LogP contribution in [0.15, 0.2) is 197 Å². The van der Waals surface area contributed by atoms with Crippen LogP contribution in [0.2, 0.25) is 0 Å². The van der Waals surface area contributed by atoms with E-state index in [2.05, 4.69) is 169 Å². The van der Waals surface area contributed by atoms with Crippen molar-refractivity contribution in [2.75, 3.05) is 4.90 Å². The van der Waals surface area contributed by atoms with Crippen molar-refractivity contribution in [2.24, 2.45) is 0 Å². The summed E-state index contributed by atoms with van der Waals surface area (Å²) >= 11 is 0. The minimum absolute atomic E-state index is 0.904. The van der Waals surface area contributed by atoms with Crippen molar-refractivity contribution < 1.29 is 8.83 Å². The normalized spacial score (nSPS) is 11.5. The van der Waals surface area contributed by atoms with Crippen molar-refractivity contribution >= 4 is 60.9 Å². The lowest BCUT2D eigenvalue weighted by molar-refractivity contribution is 0.668. The summed E-state index contributed by atoms with van der Waals surface area (Å²) in [6.45, 7) is 0. The molecule has 0 N–H and O–H groups in total. The molecular weight excluding hydrogens is 623 g/mol. The Morgan fingerprint density at radius 1 is 0.294 bits per heavy atom. The molecule has 10 rings (SSSR count). The third-order valence-electron chi connectivity index (χ3n) is 9.90. The predicted molar refractivity (Wildman–Crippen MR) is 212 cm³/mol. The number of hydrogen-bond donors (Lipinski definition) is 0. The summed E-state index contributed by atoms with van der Waals surface area (Å²) in [5.74, 6) is 0. The Hall–Kier alpha value is -6.84. The maximum atomic E-state index is 6.10. The largest absolute Gasteiger partial charge is 0.456 e. The van der Waals surface area contributed by atoms with Gasteiger partial charge in [-0.2, -0.15) is 0 Å². The molecule has 240 valence electrons. The topological polar surface area (TPSA) is 29.5 Å². The van der Waals surface area contributed by atoms with Gasteiger partial charge >= 0.3 is 0 Å². The van der Waals surface area contributed by atoms with Crippen LogP contribution in [0.5, 0.6) is 0 Å². The molecule has 0 aliphatic rings. The molecule has 10 aromatic rings. The van der Waals surface area contributed by atoms with Crippen LogP contribution in [0, 0.1) is 0 Å². The molecule has 8 aromatic carbocycles. The number of para-hydroxylation sites is 3. The van der Waals surface area contributed by atoms with E-state index < -0.39 is 0 Å². The fraction of sp³-hybridized carbons (Fsp3) is 0. The second kappa shape index (κ2) is 11.9. The average molecular weight is 654 g/mol. The molecule has 0 aliphatic heterocycles. The Balaban J connectivity index is 1.06. The average Bonchev–Trinajstić information content (AvgIpc) is 3.77. The number of hydrogen-bond acceptors (Lipinski definition) is 3. The molecule has 0 saturated carbocycles. The van der Waals surface area contributed by atoms with E-state index in [0.717, 1.165) is 83.2 Å². The Bertz CT molecular complexity index is 2690. The van der Waals surface area contributed by atoms with Crippen molar-refractivity contribution in [1.29, 1.82) is 0 Å². The van der Waals surface area contributed by atoms with Crippen LogP contribution >= 0.6 is 0 Å². The van der Waals surface area contributed by atoms with Crippen LogP contribution in [0.25, 0.3) is 77.3 Å².